The molecule has 2 aromatic heterocycles. The topological polar surface area (TPSA) is 92.1 Å². The van der Waals surface area contributed by atoms with Crippen LogP contribution in [0.3, 0.4) is 0 Å². The number of oxazole rings is 1. The fourth-order valence-electron chi connectivity index (χ4n) is 2.87. The Morgan fingerprint density at radius 3 is 2.96 bits per heavy atom. The minimum Gasteiger partial charge on any atom is -0.445 e. The first-order valence-electron chi connectivity index (χ1n) is 7.87. The fraction of sp³-hybridized carbons (Fsp3) is 0.375. The van der Waals surface area contributed by atoms with Gasteiger partial charge in [0.25, 0.3) is 0 Å². The Kier molecular flexibility index (Phi) is 3.47. The van der Waals surface area contributed by atoms with E-state index in [1.165, 1.54) is 4.31 Å². The number of aromatic amines is 1. The van der Waals surface area contributed by atoms with Crippen LogP contribution in [0.15, 0.2) is 33.8 Å². The third kappa shape index (κ3) is 2.42. The van der Waals surface area contributed by atoms with Gasteiger partial charge in [0, 0.05) is 18.9 Å². The van der Waals surface area contributed by atoms with Gasteiger partial charge < -0.3 is 9.40 Å². The Balaban J connectivity index is 1.67. The summed E-state index contributed by atoms with van der Waals surface area (Å²) in [6.07, 6.45) is 2.09. The minimum absolute atomic E-state index is 0.184. The molecule has 7 nitrogen and oxygen atoms in total. The molecule has 3 aromatic rings. The van der Waals surface area contributed by atoms with E-state index in [4.69, 9.17) is 4.42 Å². The number of benzene rings is 1. The van der Waals surface area contributed by atoms with Gasteiger partial charge in [-0.25, -0.2) is 18.4 Å². The molecule has 0 amide bonds. The number of hydrogen-bond acceptors (Lipinski definition) is 5. The lowest BCUT2D eigenvalue weighted by Crippen LogP contribution is -2.35. The van der Waals surface area contributed by atoms with E-state index in [9.17, 15) is 8.42 Å². The average molecular weight is 346 g/mol. The highest BCUT2D eigenvalue weighted by molar-refractivity contribution is 7.89. The Bertz CT molecular complexity index is 1000. The molecule has 0 atom stereocenters. The summed E-state index contributed by atoms with van der Waals surface area (Å²) in [5.74, 6) is 1.65. The molecule has 0 spiro atoms. The Hall–Kier alpha value is -2.19. The van der Waals surface area contributed by atoms with Gasteiger partial charge in [-0.1, -0.05) is 13.8 Å². The molecule has 0 saturated heterocycles. The maximum Gasteiger partial charge on any atom is 0.243 e. The summed E-state index contributed by atoms with van der Waals surface area (Å²) in [5, 5.41) is 0. The number of sulfonamides is 1. The molecule has 0 unspecified atom stereocenters. The lowest BCUT2D eigenvalue weighted by molar-refractivity contribution is 0.354. The van der Waals surface area contributed by atoms with Gasteiger partial charge in [0.2, 0.25) is 10.0 Å². The fourth-order valence-corrected chi connectivity index (χ4v) is 4.30. The first kappa shape index (κ1) is 15.3. The molecule has 0 aliphatic carbocycles. The van der Waals surface area contributed by atoms with E-state index in [0.29, 0.717) is 24.4 Å². The van der Waals surface area contributed by atoms with Crippen LogP contribution < -0.4 is 0 Å². The van der Waals surface area contributed by atoms with Crippen LogP contribution >= 0.6 is 0 Å². The van der Waals surface area contributed by atoms with Crippen LogP contribution in [0.1, 0.15) is 37.1 Å². The average Bonchev–Trinajstić information content (AvgIpc) is 3.19. The lowest BCUT2D eigenvalue weighted by atomic mass is 10.2. The Morgan fingerprint density at radius 1 is 1.33 bits per heavy atom. The third-order valence-corrected chi connectivity index (χ3v) is 6.07. The number of fused-ring (bicyclic) bond motifs is 2. The molecule has 1 aliphatic heterocycles. The van der Waals surface area contributed by atoms with Gasteiger partial charge in [0.1, 0.15) is 5.76 Å². The molecular formula is C16H18N4O3S. The first-order valence-corrected chi connectivity index (χ1v) is 9.31. The molecule has 1 aromatic carbocycles. The number of hydrogen-bond donors (Lipinski definition) is 1. The van der Waals surface area contributed by atoms with E-state index in [2.05, 4.69) is 15.0 Å². The van der Waals surface area contributed by atoms with Gasteiger partial charge in [-0.2, -0.15) is 4.31 Å². The van der Waals surface area contributed by atoms with Crippen molar-refractivity contribution in [2.45, 2.75) is 37.6 Å². The van der Waals surface area contributed by atoms with Crippen molar-refractivity contribution in [1.82, 2.24) is 19.3 Å². The van der Waals surface area contributed by atoms with Crippen molar-refractivity contribution in [3.8, 4) is 0 Å². The molecule has 1 N–H and O–H groups in total. The molecule has 4 rings (SSSR count). The van der Waals surface area contributed by atoms with Crippen LogP contribution in [0.5, 0.6) is 0 Å². The highest BCUT2D eigenvalue weighted by Gasteiger charge is 2.31. The molecule has 8 heteroatoms. The first-order chi connectivity index (χ1) is 11.4. The second kappa shape index (κ2) is 5.42. The summed E-state index contributed by atoms with van der Waals surface area (Å²) < 4.78 is 33.1. The minimum atomic E-state index is -3.58. The number of H-pyrrole nitrogens is 1. The van der Waals surface area contributed by atoms with Gasteiger partial charge in [-0.15, -0.1) is 0 Å². The van der Waals surface area contributed by atoms with E-state index >= 15 is 0 Å². The van der Waals surface area contributed by atoms with Crippen molar-refractivity contribution >= 4 is 21.1 Å². The predicted molar refractivity (Wildman–Crippen MR) is 88.0 cm³/mol. The van der Waals surface area contributed by atoms with Crippen molar-refractivity contribution in [3.05, 3.63) is 41.9 Å². The SMILES string of the molecule is CC(C)c1nc2c(o1)CCN(S(=O)(=O)c1ccc3nc[nH]c3c1)C2. The van der Waals surface area contributed by atoms with Gasteiger partial charge >= 0.3 is 0 Å². The van der Waals surface area contributed by atoms with Crippen LogP contribution in [-0.4, -0.2) is 34.2 Å². The van der Waals surface area contributed by atoms with Gasteiger partial charge in [-0.3, -0.25) is 0 Å². The number of nitrogens with zero attached hydrogens (tertiary/aromatic N) is 3. The Labute approximate surface area is 139 Å². The zero-order valence-electron chi connectivity index (χ0n) is 13.5. The largest absolute Gasteiger partial charge is 0.445 e. The van der Waals surface area contributed by atoms with Crippen LogP contribution in [0.2, 0.25) is 0 Å². The van der Waals surface area contributed by atoms with Gasteiger partial charge in [0.15, 0.2) is 5.89 Å². The van der Waals surface area contributed by atoms with E-state index in [0.717, 1.165) is 17.0 Å². The van der Waals surface area contributed by atoms with Crippen LogP contribution in [0, 0.1) is 0 Å². The van der Waals surface area contributed by atoms with Crippen LogP contribution in [-0.2, 0) is 23.0 Å². The van der Waals surface area contributed by atoms with Crippen molar-refractivity contribution in [2.24, 2.45) is 0 Å². The summed E-state index contributed by atoms with van der Waals surface area (Å²) in [5.41, 5.74) is 2.17. The van der Waals surface area contributed by atoms with Gasteiger partial charge in [0.05, 0.1) is 34.5 Å². The molecule has 24 heavy (non-hydrogen) atoms. The molecular weight excluding hydrogens is 328 g/mol. The van der Waals surface area contributed by atoms with Crippen molar-refractivity contribution in [1.29, 1.82) is 0 Å². The third-order valence-electron chi connectivity index (χ3n) is 4.23. The number of rotatable bonds is 3. The molecule has 3 heterocycles. The molecule has 126 valence electrons. The standard InChI is InChI=1S/C16H18N4O3S/c1-10(2)16-19-14-8-20(6-5-15(14)23-16)24(21,22)11-3-4-12-13(7-11)18-9-17-12/h3-4,7,9-10H,5-6,8H2,1-2H3,(H,17,18). The zero-order chi connectivity index (χ0) is 16.9. The zero-order valence-corrected chi connectivity index (χ0v) is 14.3. The maximum absolute atomic E-state index is 12.9. The normalized spacial score (nSPS) is 16.0. The summed E-state index contributed by atoms with van der Waals surface area (Å²) in [6, 6.07) is 4.92. The molecule has 0 saturated carbocycles. The second-order valence-corrected chi connectivity index (χ2v) is 8.18. The van der Waals surface area contributed by atoms with Crippen LogP contribution in [0.4, 0.5) is 0 Å². The van der Waals surface area contributed by atoms with E-state index < -0.39 is 10.0 Å². The number of imidazole rings is 1. The summed E-state index contributed by atoms with van der Waals surface area (Å²) >= 11 is 0. The second-order valence-electron chi connectivity index (χ2n) is 6.25. The van der Waals surface area contributed by atoms with Crippen LogP contribution in [0.25, 0.3) is 11.0 Å². The summed E-state index contributed by atoms with van der Waals surface area (Å²) in [4.78, 5) is 11.8. The highest BCUT2D eigenvalue weighted by Crippen LogP contribution is 2.28. The summed E-state index contributed by atoms with van der Waals surface area (Å²) in [6.45, 7) is 4.65. The lowest BCUT2D eigenvalue weighted by Gasteiger charge is -2.24. The predicted octanol–water partition coefficient (Wildman–Crippen LogP) is 2.42. The smallest absolute Gasteiger partial charge is 0.243 e. The summed E-state index contributed by atoms with van der Waals surface area (Å²) in [7, 11) is -3.58. The maximum atomic E-state index is 12.9. The Morgan fingerprint density at radius 2 is 2.17 bits per heavy atom. The number of aromatic nitrogens is 3. The number of nitrogens with one attached hydrogen (secondary N) is 1. The van der Waals surface area contributed by atoms with E-state index in [1.807, 2.05) is 13.8 Å². The van der Waals surface area contributed by atoms with Gasteiger partial charge in [-0.05, 0) is 18.2 Å². The van der Waals surface area contributed by atoms with Crippen molar-refractivity contribution in [3.63, 3.8) is 0 Å². The quantitative estimate of drug-likeness (QED) is 0.786. The van der Waals surface area contributed by atoms with E-state index in [1.54, 1.807) is 24.5 Å². The van der Waals surface area contributed by atoms with E-state index in [-0.39, 0.29) is 17.4 Å². The molecule has 0 radical (unpaired) electrons. The van der Waals surface area contributed by atoms with Crippen molar-refractivity contribution < 1.29 is 12.8 Å². The molecule has 1 aliphatic rings. The molecule has 0 bridgehead atoms. The monoisotopic (exact) mass is 346 g/mol. The highest BCUT2D eigenvalue weighted by atomic mass is 32.2. The molecule has 0 fully saturated rings. The van der Waals surface area contributed by atoms with Crippen molar-refractivity contribution in [2.75, 3.05) is 6.54 Å².